The molecule has 0 saturated carbocycles. The van der Waals surface area contributed by atoms with Crippen LogP contribution in [0.25, 0.3) is 0 Å². The lowest BCUT2D eigenvalue weighted by molar-refractivity contribution is -0.0625. The number of ether oxygens (including phenoxy) is 1. The Balaban J connectivity index is 1.77. The fourth-order valence-corrected chi connectivity index (χ4v) is 4.86. The molecular formula is C30H29N3O2. The van der Waals surface area contributed by atoms with Crippen LogP contribution in [0.3, 0.4) is 0 Å². The van der Waals surface area contributed by atoms with Gasteiger partial charge in [0.2, 0.25) is 0 Å². The Morgan fingerprint density at radius 2 is 1.06 bits per heavy atom. The lowest BCUT2D eigenvalue weighted by atomic mass is 9.76. The minimum atomic E-state index is -0.938. The summed E-state index contributed by atoms with van der Waals surface area (Å²) in [4.78, 5) is 14.2. The molecule has 1 fully saturated rings. The molecule has 5 nitrogen and oxygen atoms in total. The topological polar surface area (TPSA) is 44.8 Å². The zero-order chi connectivity index (χ0) is 23.9. The first-order valence-corrected chi connectivity index (χ1v) is 12.0. The predicted molar refractivity (Wildman–Crippen MR) is 138 cm³/mol. The first-order chi connectivity index (χ1) is 17.3. The van der Waals surface area contributed by atoms with E-state index in [-0.39, 0.29) is 0 Å². The molecule has 1 aliphatic heterocycles. The van der Waals surface area contributed by atoms with E-state index in [9.17, 15) is 4.79 Å². The van der Waals surface area contributed by atoms with E-state index in [2.05, 4.69) is 46.7 Å². The van der Waals surface area contributed by atoms with Gasteiger partial charge in [-0.1, -0.05) is 109 Å². The number of hydrogen-bond acceptors (Lipinski definition) is 4. The molecule has 176 valence electrons. The Hall–Kier alpha value is -3.93. The maximum Gasteiger partial charge on any atom is 0.431 e. The van der Waals surface area contributed by atoms with Crippen molar-refractivity contribution in [2.45, 2.75) is 5.54 Å². The zero-order valence-electron chi connectivity index (χ0n) is 19.6. The summed E-state index contributed by atoms with van der Waals surface area (Å²) in [5.74, 6) is 0.515. The molecule has 1 heterocycles. The molecule has 0 aromatic heterocycles. The maximum atomic E-state index is 14.2. The molecule has 0 aliphatic carbocycles. The van der Waals surface area contributed by atoms with Crippen molar-refractivity contribution in [3.8, 4) is 5.75 Å². The third kappa shape index (κ3) is 4.56. The monoisotopic (exact) mass is 463 g/mol. The molecular weight excluding hydrogens is 434 g/mol. The number of carbonyl (C=O) groups is 1. The molecule has 5 rings (SSSR count). The van der Waals surface area contributed by atoms with Crippen molar-refractivity contribution < 1.29 is 9.53 Å². The second-order valence-electron chi connectivity index (χ2n) is 8.50. The summed E-state index contributed by atoms with van der Waals surface area (Å²) in [5.41, 5.74) is 2.02. The van der Waals surface area contributed by atoms with Gasteiger partial charge >= 0.3 is 6.09 Å². The van der Waals surface area contributed by atoms with Crippen molar-refractivity contribution >= 4 is 6.09 Å². The van der Waals surface area contributed by atoms with E-state index in [1.807, 2.05) is 89.9 Å². The number of carbonyl (C=O) groups excluding carboxylic acids is 1. The molecule has 1 amide bonds. The van der Waals surface area contributed by atoms with Crippen LogP contribution in [0.5, 0.6) is 5.75 Å². The van der Waals surface area contributed by atoms with Crippen LogP contribution in [0.2, 0.25) is 0 Å². The van der Waals surface area contributed by atoms with Crippen molar-refractivity contribution in [1.29, 1.82) is 0 Å². The number of nitrogens with zero attached hydrogens (tertiary/aromatic N) is 2. The summed E-state index contributed by atoms with van der Waals surface area (Å²) < 4.78 is 6.03. The Labute approximate surface area is 206 Å². The number of para-hydroxylation sites is 1. The van der Waals surface area contributed by atoms with E-state index in [1.54, 1.807) is 0 Å². The van der Waals surface area contributed by atoms with Crippen LogP contribution in [0.1, 0.15) is 16.7 Å². The van der Waals surface area contributed by atoms with Crippen LogP contribution in [-0.2, 0) is 5.54 Å². The number of benzene rings is 4. The van der Waals surface area contributed by atoms with Gasteiger partial charge in [0.05, 0.1) is 0 Å². The number of hydrogen-bond donors (Lipinski definition) is 1. The van der Waals surface area contributed by atoms with Gasteiger partial charge in [-0.2, -0.15) is 0 Å². The van der Waals surface area contributed by atoms with E-state index in [0.29, 0.717) is 18.8 Å². The van der Waals surface area contributed by atoms with E-state index in [0.717, 1.165) is 29.8 Å². The molecule has 4 aromatic rings. The summed E-state index contributed by atoms with van der Waals surface area (Å²) >= 11 is 0. The molecule has 1 N–H and O–H groups in total. The summed E-state index contributed by atoms with van der Waals surface area (Å²) in [7, 11) is 0. The van der Waals surface area contributed by atoms with Crippen molar-refractivity contribution in [3.63, 3.8) is 0 Å². The molecule has 5 heteroatoms. The Bertz CT molecular complexity index is 1120. The van der Waals surface area contributed by atoms with Gasteiger partial charge < -0.3 is 10.1 Å². The minimum absolute atomic E-state index is 0.422. The third-order valence-corrected chi connectivity index (χ3v) is 6.39. The minimum Gasteiger partial charge on any atom is -0.409 e. The van der Waals surface area contributed by atoms with Crippen molar-refractivity contribution in [2.24, 2.45) is 0 Å². The van der Waals surface area contributed by atoms with Crippen molar-refractivity contribution in [3.05, 3.63) is 138 Å². The van der Waals surface area contributed by atoms with Crippen LogP contribution in [-0.4, -0.2) is 42.3 Å². The second-order valence-corrected chi connectivity index (χ2v) is 8.50. The first-order valence-electron chi connectivity index (χ1n) is 12.0. The van der Waals surface area contributed by atoms with Crippen LogP contribution < -0.4 is 10.1 Å². The van der Waals surface area contributed by atoms with Gasteiger partial charge in [0.1, 0.15) is 11.3 Å². The Kier molecular flexibility index (Phi) is 6.89. The smallest absolute Gasteiger partial charge is 0.409 e. The van der Waals surface area contributed by atoms with Crippen LogP contribution in [0, 0.1) is 0 Å². The Morgan fingerprint density at radius 1 is 0.657 bits per heavy atom. The average Bonchev–Trinajstić information content (AvgIpc) is 2.94. The van der Waals surface area contributed by atoms with Gasteiger partial charge in [-0.3, -0.25) is 0 Å². The van der Waals surface area contributed by atoms with Gasteiger partial charge in [0.25, 0.3) is 0 Å². The average molecular weight is 464 g/mol. The van der Waals surface area contributed by atoms with Gasteiger partial charge in [-0.05, 0) is 28.8 Å². The number of piperazine rings is 1. The molecule has 0 radical (unpaired) electrons. The predicted octanol–water partition coefficient (Wildman–Crippen LogP) is 5.30. The molecule has 0 unspecified atom stereocenters. The second kappa shape index (κ2) is 10.6. The standard InChI is InChI=1S/C30H29N3O2/c34-29(35-28-19-11-4-12-20-28)33(32-23-21-31-22-24-32)30(25-13-5-1-6-14-25,26-15-7-2-8-16-26)27-17-9-3-10-18-27/h1-20,31H,21-24H2. The normalized spacial score (nSPS) is 14.3. The third-order valence-electron chi connectivity index (χ3n) is 6.39. The molecule has 0 atom stereocenters. The van der Waals surface area contributed by atoms with Gasteiger partial charge in [-0.25, -0.2) is 14.8 Å². The summed E-state index contributed by atoms with van der Waals surface area (Å²) in [6.07, 6.45) is -0.422. The number of rotatable bonds is 6. The highest BCUT2D eigenvalue weighted by Crippen LogP contribution is 2.43. The lowest BCUT2D eigenvalue weighted by Gasteiger charge is -2.50. The number of amides is 1. The molecule has 0 spiro atoms. The first kappa shape index (κ1) is 22.8. The SMILES string of the molecule is O=C(Oc1ccccc1)N(N1CCNCC1)C(c1ccccc1)(c1ccccc1)c1ccccc1. The zero-order valence-corrected chi connectivity index (χ0v) is 19.6. The van der Waals surface area contributed by atoms with Gasteiger partial charge in [0.15, 0.2) is 0 Å². The largest absolute Gasteiger partial charge is 0.431 e. The van der Waals surface area contributed by atoms with Crippen LogP contribution >= 0.6 is 0 Å². The highest BCUT2D eigenvalue weighted by atomic mass is 16.6. The number of hydrazine groups is 1. The van der Waals surface area contributed by atoms with E-state index in [4.69, 9.17) is 4.74 Å². The molecule has 1 saturated heterocycles. The van der Waals surface area contributed by atoms with Crippen molar-refractivity contribution in [2.75, 3.05) is 26.2 Å². The fourth-order valence-electron chi connectivity index (χ4n) is 4.86. The quantitative estimate of drug-likeness (QED) is 0.394. The molecule has 35 heavy (non-hydrogen) atoms. The highest BCUT2D eigenvalue weighted by molar-refractivity contribution is 5.74. The van der Waals surface area contributed by atoms with Crippen molar-refractivity contribution in [1.82, 2.24) is 15.3 Å². The maximum absolute atomic E-state index is 14.2. The lowest BCUT2D eigenvalue weighted by Crippen LogP contribution is -2.63. The van der Waals surface area contributed by atoms with Crippen LogP contribution in [0.15, 0.2) is 121 Å². The molecule has 0 bridgehead atoms. The Morgan fingerprint density at radius 3 is 1.49 bits per heavy atom. The summed E-state index contributed by atoms with van der Waals surface area (Å²) in [6.45, 7) is 2.92. The highest BCUT2D eigenvalue weighted by Gasteiger charge is 2.48. The summed E-state index contributed by atoms with van der Waals surface area (Å²) in [6, 6.07) is 39.9. The van der Waals surface area contributed by atoms with E-state index >= 15 is 0 Å². The van der Waals surface area contributed by atoms with E-state index in [1.165, 1.54) is 0 Å². The van der Waals surface area contributed by atoms with Gasteiger partial charge in [-0.15, -0.1) is 0 Å². The van der Waals surface area contributed by atoms with E-state index < -0.39 is 11.6 Å². The molecule has 1 aliphatic rings. The number of nitrogens with one attached hydrogen (secondary N) is 1. The van der Waals surface area contributed by atoms with Gasteiger partial charge in [0, 0.05) is 26.2 Å². The molecule has 4 aromatic carbocycles. The summed E-state index contributed by atoms with van der Waals surface area (Å²) in [5, 5.41) is 7.36. The van der Waals surface area contributed by atoms with Crippen LogP contribution in [0.4, 0.5) is 4.79 Å². The fraction of sp³-hybridized carbons (Fsp3) is 0.167.